The van der Waals surface area contributed by atoms with E-state index in [-0.39, 0.29) is 24.0 Å². The van der Waals surface area contributed by atoms with Gasteiger partial charge in [0, 0.05) is 45.2 Å². The lowest BCUT2D eigenvalue weighted by molar-refractivity contribution is 0.0579. The molecule has 0 aromatic carbocycles. The Kier molecular flexibility index (Phi) is 11.1. The van der Waals surface area contributed by atoms with Crippen LogP contribution in [0.3, 0.4) is 0 Å². The van der Waals surface area contributed by atoms with Crippen molar-refractivity contribution < 1.29 is 4.74 Å². The molecule has 0 bridgehead atoms. The van der Waals surface area contributed by atoms with E-state index in [1.54, 1.807) is 0 Å². The van der Waals surface area contributed by atoms with Crippen molar-refractivity contribution in [3.05, 3.63) is 24.5 Å². The van der Waals surface area contributed by atoms with Gasteiger partial charge in [0.2, 0.25) is 0 Å². The SMILES string of the molecule is CCNC(=NCCCOC1CCCC1)NCCn1cccc1.I. The molecule has 132 valence electrons. The number of nitrogens with one attached hydrogen (secondary N) is 2. The van der Waals surface area contributed by atoms with Crippen LogP contribution in [-0.2, 0) is 11.3 Å². The Morgan fingerprint density at radius 3 is 2.65 bits per heavy atom. The van der Waals surface area contributed by atoms with Gasteiger partial charge < -0.3 is 19.9 Å². The van der Waals surface area contributed by atoms with Crippen LogP contribution in [0.15, 0.2) is 29.5 Å². The number of aromatic nitrogens is 1. The summed E-state index contributed by atoms with van der Waals surface area (Å²) in [5.74, 6) is 0.899. The quantitative estimate of drug-likeness (QED) is 0.272. The van der Waals surface area contributed by atoms with Crippen LogP contribution in [-0.4, -0.2) is 42.9 Å². The highest BCUT2D eigenvalue weighted by Crippen LogP contribution is 2.20. The summed E-state index contributed by atoms with van der Waals surface area (Å²) in [5, 5.41) is 6.65. The Hall–Kier alpha value is -0.760. The van der Waals surface area contributed by atoms with Gasteiger partial charge in [0.05, 0.1) is 6.10 Å². The van der Waals surface area contributed by atoms with Crippen LogP contribution in [0.5, 0.6) is 0 Å². The average molecular weight is 434 g/mol. The molecule has 0 radical (unpaired) electrons. The van der Waals surface area contributed by atoms with E-state index in [1.807, 2.05) is 12.1 Å². The zero-order valence-electron chi connectivity index (χ0n) is 14.2. The van der Waals surface area contributed by atoms with Crippen molar-refractivity contribution in [2.75, 3.05) is 26.2 Å². The molecule has 0 unspecified atom stereocenters. The van der Waals surface area contributed by atoms with Gasteiger partial charge in [-0.05, 0) is 38.3 Å². The van der Waals surface area contributed by atoms with Crippen molar-refractivity contribution in [1.29, 1.82) is 0 Å². The van der Waals surface area contributed by atoms with Crippen molar-refractivity contribution in [1.82, 2.24) is 15.2 Å². The minimum Gasteiger partial charge on any atom is -0.378 e. The molecule has 1 fully saturated rings. The Morgan fingerprint density at radius 1 is 1.22 bits per heavy atom. The maximum atomic E-state index is 5.86. The number of nitrogens with zero attached hydrogens (tertiary/aromatic N) is 2. The number of rotatable bonds is 9. The van der Waals surface area contributed by atoms with Gasteiger partial charge in [0.15, 0.2) is 5.96 Å². The maximum absolute atomic E-state index is 5.86. The molecule has 1 aliphatic rings. The molecule has 1 aromatic heterocycles. The van der Waals surface area contributed by atoms with Gasteiger partial charge in [-0.15, -0.1) is 24.0 Å². The van der Waals surface area contributed by atoms with Gasteiger partial charge in [-0.2, -0.15) is 0 Å². The Bertz CT molecular complexity index is 416. The Morgan fingerprint density at radius 2 is 1.96 bits per heavy atom. The van der Waals surface area contributed by atoms with Crippen LogP contribution in [0.4, 0.5) is 0 Å². The van der Waals surface area contributed by atoms with Crippen LogP contribution >= 0.6 is 24.0 Å². The van der Waals surface area contributed by atoms with Crippen LogP contribution in [0.1, 0.15) is 39.0 Å². The first-order valence-corrected chi connectivity index (χ1v) is 8.63. The third kappa shape index (κ3) is 8.60. The van der Waals surface area contributed by atoms with E-state index in [0.717, 1.165) is 45.2 Å². The summed E-state index contributed by atoms with van der Waals surface area (Å²) in [6.07, 6.45) is 10.8. The van der Waals surface area contributed by atoms with E-state index < -0.39 is 0 Å². The standard InChI is InChI=1S/C17H30N4O.HI/c1-2-18-17(20-11-14-21-12-5-6-13-21)19-10-7-15-22-16-8-3-4-9-16;/h5-6,12-13,16H,2-4,7-11,14-15H2,1H3,(H2,18,19,20);1H. The summed E-state index contributed by atoms with van der Waals surface area (Å²) in [7, 11) is 0. The molecule has 0 amide bonds. The summed E-state index contributed by atoms with van der Waals surface area (Å²) in [6, 6.07) is 4.09. The molecule has 2 rings (SSSR count). The normalized spacial score (nSPS) is 15.4. The Labute approximate surface area is 157 Å². The molecule has 23 heavy (non-hydrogen) atoms. The van der Waals surface area contributed by atoms with Crippen molar-refractivity contribution in [3.8, 4) is 0 Å². The lowest BCUT2D eigenvalue weighted by Gasteiger charge is -2.12. The molecule has 1 heterocycles. The number of aliphatic imine (C=N–C) groups is 1. The lowest BCUT2D eigenvalue weighted by atomic mass is 10.3. The topological polar surface area (TPSA) is 50.6 Å². The lowest BCUT2D eigenvalue weighted by Crippen LogP contribution is -2.38. The molecule has 0 aliphatic heterocycles. The van der Waals surface area contributed by atoms with Crippen LogP contribution in [0.25, 0.3) is 0 Å². The molecule has 5 nitrogen and oxygen atoms in total. The van der Waals surface area contributed by atoms with Crippen molar-refractivity contribution in [3.63, 3.8) is 0 Å². The molecule has 1 aromatic rings. The molecule has 1 saturated carbocycles. The minimum atomic E-state index is 0. The average Bonchev–Trinajstić information content (AvgIpc) is 3.20. The first-order chi connectivity index (χ1) is 10.9. The van der Waals surface area contributed by atoms with E-state index in [2.05, 4.69) is 39.5 Å². The van der Waals surface area contributed by atoms with Crippen LogP contribution in [0, 0.1) is 0 Å². The van der Waals surface area contributed by atoms with E-state index in [1.165, 1.54) is 25.7 Å². The third-order valence-electron chi connectivity index (χ3n) is 3.90. The zero-order chi connectivity index (χ0) is 15.5. The number of halogens is 1. The highest BCUT2D eigenvalue weighted by molar-refractivity contribution is 14.0. The summed E-state index contributed by atoms with van der Waals surface area (Å²) in [4.78, 5) is 4.60. The number of hydrogen-bond donors (Lipinski definition) is 2. The van der Waals surface area contributed by atoms with E-state index in [0.29, 0.717) is 6.10 Å². The van der Waals surface area contributed by atoms with Crippen LogP contribution < -0.4 is 10.6 Å². The fraction of sp³-hybridized carbons (Fsp3) is 0.706. The molecule has 2 N–H and O–H groups in total. The monoisotopic (exact) mass is 434 g/mol. The summed E-state index contributed by atoms with van der Waals surface area (Å²) >= 11 is 0. The predicted molar refractivity (Wildman–Crippen MR) is 107 cm³/mol. The fourth-order valence-corrected chi connectivity index (χ4v) is 2.72. The molecule has 1 aliphatic carbocycles. The predicted octanol–water partition coefficient (Wildman–Crippen LogP) is 3.01. The first-order valence-electron chi connectivity index (χ1n) is 8.63. The van der Waals surface area contributed by atoms with Gasteiger partial charge in [-0.1, -0.05) is 12.8 Å². The smallest absolute Gasteiger partial charge is 0.191 e. The van der Waals surface area contributed by atoms with E-state index in [4.69, 9.17) is 4.74 Å². The first kappa shape index (κ1) is 20.3. The van der Waals surface area contributed by atoms with Crippen molar-refractivity contribution in [2.24, 2.45) is 4.99 Å². The highest BCUT2D eigenvalue weighted by Gasteiger charge is 2.14. The molecular weight excluding hydrogens is 403 g/mol. The second-order valence-corrected chi connectivity index (χ2v) is 5.74. The molecule has 0 atom stereocenters. The second kappa shape index (κ2) is 12.6. The van der Waals surface area contributed by atoms with Gasteiger partial charge >= 0.3 is 0 Å². The number of hydrogen-bond acceptors (Lipinski definition) is 2. The number of guanidine groups is 1. The minimum absolute atomic E-state index is 0. The largest absolute Gasteiger partial charge is 0.378 e. The summed E-state index contributed by atoms with van der Waals surface area (Å²) < 4.78 is 8.02. The molecular formula is C17H31IN4O. The molecule has 6 heteroatoms. The number of ether oxygens (including phenoxy) is 1. The summed E-state index contributed by atoms with van der Waals surface area (Å²) in [5.41, 5.74) is 0. The fourth-order valence-electron chi connectivity index (χ4n) is 2.72. The van der Waals surface area contributed by atoms with Gasteiger partial charge in [0.25, 0.3) is 0 Å². The van der Waals surface area contributed by atoms with Gasteiger partial charge in [0.1, 0.15) is 0 Å². The second-order valence-electron chi connectivity index (χ2n) is 5.74. The van der Waals surface area contributed by atoms with E-state index in [9.17, 15) is 0 Å². The van der Waals surface area contributed by atoms with Crippen molar-refractivity contribution >= 4 is 29.9 Å². The zero-order valence-corrected chi connectivity index (χ0v) is 16.5. The Balaban J connectivity index is 0.00000264. The maximum Gasteiger partial charge on any atom is 0.191 e. The third-order valence-corrected chi connectivity index (χ3v) is 3.90. The highest BCUT2D eigenvalue weighted by atomic mass is 127. The van der Waals surface area contributed by atoms with Crippen molar-refractivity contribution in [2.45, 2.75) is 51.7 Å². The van der Waals surface area contributed by atoms with Gasteiger partial charge in [-0.25, -0.2) is 0 Å². The molecule has 0 spiro atoms. The van der Waals surface area contributed by atoms with Crippen LogP contribution in [0.2, 0.25) is 0 Å². The van der Waals surface area contributed by atoms with E-state index >= 15 is 0 Å². The summed E-state index contributed by atoms with van der Waals surface area (Å²) in [6.45, 7) is 6.43. The van der Waals surface area contributed by atoms with Gasteiger partial charge in [-0.3, -0.25) is 4.99 Å². The molecule has 0 saturated heterocycles.